The van der Waals surface area contributed by atoms with Crippen molar-refractivity contribution in [2.45, 2.75) is 46.7 Å². The van der Waals surface area contributed by atoms with Crippen molar-refractivity contribution in [3.8, 4) is 0 Å². The summed E-state index contributed by atoms with van der Waals surface area (Å²) in [6, 6.07) is 6.15. The fraction of sp³-hybridized carbons (Fsp3) is 0.500. The third-order valence-electron chi connectivity index (χ3n) is 4.45. The van der Waals surface area contributed by atoms with E-state index < -0.39 is 0 Å². The van der Waals surface area contributed by atoms with Crippen molar-refractivity contribution in [1.29, 1.82) is 0 Å². The van der Waals surface area contributed by atoms with E-state index in [1.54, 1.807) is 6.08 Å². The van der Waals surface area contributed by atoms with E-state index in [9.17, 15) is 4.79 Å². The molecule has 136 valence electrons. The maximum atomic E-state index is 11.3. The van der Waals surface area contributed by atoms with Crippen LogP contribution in [0.2, 0.25) is 0 Å². The zero-order valence-electron chi connectivity index (χ0n) is 15.8. The number of carbonyl (C=O) groups is 1. The number of aromatic nitrogens is 2. The minimum atomic E-state index is -0.351. The zero-order chi connectivity index (χ0) is 18.2. The lowest BCUT2D eigenvalue weighted by atomic mass is 10.2. The van der Waals surface area contributed by atoms with Gasteiger partial charge in [0.05, 0.1) is 24.8 Å². The third-order valence-corrected chi connectivity index (χ3v) is 4.45. The van der Waals surface area contributed by atoms with E-state index >= 15 is 0 Å². The van der Waals surface area contributed by atoms with Gasteiger partial charge in [-0.3, -0.25) is 4.90 Å². The highest BCUT2D eigenvalue weighted by Gasteiger charge is 2.12. The van der Waals surface area contributed by atoms with E-state index in [0.717, 1.165) is 61.4 Å². The average Bonchev–Trinajstić information content (AvgIpc) is 2.98. The van der Waals surface area contributed by atoms with E-state index in [1.807, 2.05) is 12.1 Å². The summed E-state index contributed by atoms with van der Waals surface area (Å²) in [5.74, 6) is 0.786. The van der Waals surface area contributed by atoms with E-state index in [0.29, 0.717) is 0 Å². The first-order chi connectivity index (χ1) is 12.1. The monoisotopic (exact) mass is 343 g/mol. The Hall–Kier alpha value is -2.14. The van der Waals surface area contributed by atoms with Gasteiger partial charge in [-0.15, -0.1) is 0 Å². The van der Waals surface area contributed by atoms with Gasteiger partial charge in [0.15, 0.2) is 0 Å². The quantitative estimate of drug-likeness (QED) is 0.512. The molecule has 0 saturated heterocycles. The highest BCUT2D eigenvalue weighted by molar-refractivity contribution is 5.88. The molecule has 25 heavy (non-hydrogen) atoms. The van der Waals surface area contributed by atoms with Crippen molar-refractivity contribution in [3.63, 3.8) is 0 Å². The maximum Gasteiger partial charge on any atom is 0.330 e. The molecule has 0 aliphatic rings. The molecule has 2 rings (SSSR count). The van der Waals surface area contributed by atoms with Crippen LogP contribution in [0, 0.1) is 0 Å². The molecular formula is C20H29N3O2. The normalized spacial score (nSPS) is 11.7. The van der Waals surface area contributed by atoms with Crippen LogP contribution >= 0.6 is 0 Å². The highest BCUT2D eigenvalue weighted by Crippen LogP contribution is 2.21. The number of hydrogen-bond donors (Lipinski definition) is 0. The minimum absolute atomic E-state index is 0.351. The second-order valence-corrected chi connectivity index (χ2v) is 6.11. The van der Waals surface area contributed by atoms with Crippen LogP contribution in [0.3, 0.4) is 0 Å². The molecule has 0 spiro atoms. The Morgan fingerprint density at radius 2 is 2.04 bits per heavy atom. The van der Waals surface area contributed by atoms with Crippen LogP contribution in [0.4, 0.5) is 0 Å². The van der Waals surface area contributed by atoms with Gasteiger partial charge in [0.1, 0.15) is 5.82 Å². The summed E-state index contributed by atoms with van der Waals surface area (Å²) in [7, 11) is 1.38. The molecule has 1 aromatic heterocycles. The number of imidazole rings is 1. The van der Waals surface area contributed by atoms with Crippen molar-refractivity contribution < 1.29 is 9.53 Å². The number of ether oxygens (including phenoxy) is 1. The molecule has 0 unspecified atom stereocenters. The number of rotatable bonds is 9. The van der Waals surface area contributed by atoms with Gasteiger partial charge < -0.3 is 9.30 Å². The number of hydrogen-bond acceptors (Lipinski definition) is 4. The molecule has 0 bridgehead atoms. The number of fused-ring (bicyclic) bond motifs is 1. The van der Waals surface area contributed by atoms with Crippen LogP contribution < -0.4 is 0 Å². The SMILES string of the molecule is CCCCc1nc2cc(/C=C/C(=O)OC)ccc2n1CN(CC)CC. The smallest absolute Gasteiger partial charge is 0.330 e. The summed E-state index contributed by atoms with van der Waals surface area (Å²) in [6.07, 6.45) is 6.48. The van der Waals surface area contributed by atoms with Gasteiger partial charge in [-0.1, -0.05) is 33.3 Å². The molecule has 0 aliphatic heterocycles. The fourth-order valence-electron chi connectivity index (χ4n) is 2.84. The predicted octanol–water partition coefficient (Wildman–Crippen LogP) is 3.86. The van der Waals surface area contributed by atoms with Crippen LogP contribution in [0.5, 0.6) is 0 Å². The zero-order valence-corrected chi connectivity index (χ0v) is 15.8. The number of aryl methyl sites for hydroxylation is 1. The molecule has 0 atom stereocenters. The number of esters is 1. The Labute approximate surface area is 150 Å². The molecule has 1 aromatic carbocycles. The van der Waals surface area contributed by atoms with Gasteiger partial charge in [0.25, 0.3) is 0 Å². The average molecular weight is 343 g/mol. The lowest BCUT2D eigenvalue weighted by Crippen LogP contribution is -2.26. The van der Waals surface area contributed by atoms with Crippen molar-refractivity contribution in [3.05, 3.63) is 35.7 Å². The molecule has 2 aromatic rings. The summed E-state index contributed by atoms with van der Waals surface area (Å²) in [5, 5.41) is 0. The summed E-state index contributed by atoms with van der Waals surface area (Å²) in [4.78, 5) is 18.5. The minimum Gasteiger partial charge on any atom is -0.466 e. The number of methoxy groups -OCH3 is 1. The first kappa shape index (κ1) is 19.2. The van der Waals surface area contributed by atoms with Crippen molar-refractivity contribution in [2.75, 3.05) is 20.2 Å². The number of unbranched alkanes of at least 4 members (excludes halogenated alkanes) is 1. The van der Waals surface area contributed by atoms with Crippen LogP contribution in [0.15, 0.2) is 24.3 Å². The van der Waals surface area contributed by atoms with Gasteiger partial charge >= 0.3 is 5.97 Å². The predicted molar refractivity (Wildman–Crippen MR) is 102 cm³/mol. The third kappa shape index (κ3) is 4.92. The van der Waals surface area contributed by atoms with Gasteiger partial charge in [-0.25, -0.2) is 9.78 Å². The molecule has 1 heterocycles. The number of nitrogens with zero attached hydrogens (tertiary/aromatic N) is 3. The largest absolute Gasteiger partial charge is 0.466 e. The number of benzene rings is 1. The van der Waals surface area contributed by atoms with E-state index in [-0.39, 0.29) is 5.97 Å². The lowest BCUT2D eigenvalue weighted by Gasteiger charge is -2.20. The van der Waals surface area contributed by atoms with E-state index in [1.165, 1.54) is 13.2 Å². The molecule has 0 amide bonds. The Morgan fingerprint density at radius 3 is 2.68 bits per heavy atom. The molecule has 0 fully saturated rings. The first-order valence-electron chi connectivity index (χ1n) is 9.10. The van der Waals surface area contributed by atoms with Gasteiger partial charge in [-0.2, -0.15) is 0 Å². The summed E-state index contributed by atoms with van der Waals surface area (Å²) in [6.45, 7) is 9.47. The standard InChI is InChI=1S/C20H29N3O2/c1-5-8-9-19-21-17-14-16(11-13-20(24)25-4)10-12-18(17)23(19)15-22(6-2)7-3/h10-14H,5-9,15H2,1-4H3/b13-11+. The number of carbonyl (C=O) groups excluding carboxylic acids is 1. The van der Waals surface area contributed by atoms with Gasteiger partial charge in [-0.05, 0) is 43.3 Å². The second-order valence-electron chi connectivity index (χ2n) is 6.11. The van der Waals surface area contributed by atoms with Crippen molar-refractivity contribution in [2.24, 2.45) is 0 Å². The Balaban J connectivity index is 2.38. The molecule has 0 saturated carbocycles. The molecule has 0 aliphatic carbocycles. The lowest BCUT2D eigenvalue weighted by molar-refractivity contribution is -0.134. The van der Waals surface area contributed by atoms with Crippen LogP contribution in [0.25, 0.3) is 17.1 Å². The van der Waals surface area contributed by atoms with Crippen LogP contribution in [-0.2, 0) is 22.6 Å². The topological polar surface area (TPSA) is 47.4 Å². The van der Waals surface area contributed by atoms with Crippen molar-refractivity contribution in [1.82, 2.24) is 14.5 Å². The fourth-order valence-corrected chi connectivity index (χ4v) is 2.84. The maximum absolute atomic E-state index is 11.3. The molecule has 0 N–H and O–H groups in total. The van der Waals surface area contributed by atoms with Crippen LogP contribution in [0.1, 0.15) is 45.0 Å². The van der Waals surface area contributed by atoms with Crippen molar-refractivity contribution >= 4 is 23.1 Å². The summed E-state index contributed by atoms with van der Waals surface area (Å²) < 4.78 is 6.97. The Bertz CT molecular complexity index is 730. The molecular weight excluding hydrogens is 314 g/mol. The van der Waals surface area contributed by atoms with Gasteiger partial charge in [0, 0.05) is 12.5 Å². The summed E-state index contributed by atoms with van der Waals surface area (Å²) >= 11 is 0. The first-order valence-corrected chi connectivity index (χ1v) is 9.10. The van der Waals surface area contributed by atoms with Crippen LogP contribution in [-0.4, -0.2) is 40.6 Å². The Kier molecular flexibility index (Phi) is 7.19. The second kappa shape index (κ2) is 9.37. The molecule has 5 heteroatoms. The van der Waals surface area contributed by atoms with E-state index in [2.05, 4.69) is 41.0 Å². The molecule has 5 nitrogen and oxygen atoms in total. The van der Waals surface area contributed by atoms with E-state index in [4.69, 9.17) is 4.98 Å². The highest BCUT2D eigenvalue weighted by atomic mass is 16.5. The van der Waals surface area contributed by atoms with Gasteiger partial charge in [0.2, 0.25) is 0 Å². The Morgan fingerprint density at radius 1 is 1.28 bits per heavy atom. The summed E-state index contributed by atoms with van der Waals surface area (Å²) in [5.41, 5.74) is 3.07. The molecule has 0 radical (unpaired) electrons.